The average Bonchev–Trinajstić information content (AvgIpc) is 2.77. The number of benzene rings is 2. The maximum Gasteiger partial charge on any atom is 0.313 e. The Morgan fingerprint density at radius 3 is 2.47 bits per heavy atom. The Hall–Kier alpha value is -3.04. The lowest BCUT2D eigenvalue weighted by atomic mass is 10.0. The number of rotatable bonds is 6. The number of nitrogens with one attached hydrogen (secondary N) is 2. The highest BCUT2D eigenvalue weighted by Gasteiger charge is 2.25. The molecule has 0 aromatic heterocycles. The predicted octanol–water partition coefficient (Wildman–Crippen LogP) is 2.10. The number of methoxy groups -OCH3 is 1. The molecule has 7 nitrogen and oxygen atoms in total. The smallest absolute Gasteiger partial charge is 0.313 e. The minimum atomic E-state index is -1.07. The summed E-state index contributed by atoms with van der Waals surface area (Å²) >= 11 is 0. The second-order valence-electron chi connectivity index (χ2n) is 6.73. The standard InChI is InChI=1S/C21H23F2N3O4/c1-29-16-5-2-14(3-6-16)19(26-8-10-30-11-9-26)13-24-20(27)21(28)25-18-12-15(22)4-7-17(18)23/h2-7,12,19H,8-11,13H2,1H3,(H,24,27)(H,25,28). The van der Waals surface area contributed by atoms with Crippen LogP contribution < -0.4 is 15.4 Å². The van der Waals surface area contributed by atoms with Crippen LogP contribution in [0.5, 0.6) is 5.75 Å². The summed E-state index contributed by atoms with van der Waals surface area (Å²) in [5.41, 5.74) is 0.546. The first-order chi connectivity index (χ1) is 14.5. The maximum atomic E-state index is 13.7. The first-order valence-electron chi connectivity index (χ1n) is 9.48. The van der Waals surface area contributed by atoms with Crippen molar-refractivity contribution in [3.05, 3.63) is 59.7 Å². The zero-order chi connectivity index (χ0) is 21.5. The summed E-state index contributed by atoms with van der Waals surface area (Å²) in [5, 5.41) is 4.67. The molecule has 2 N–H and O–H groups in total. The van der Waals surface area contributed by atoms with Crippen LogP contribution in [0.4, 0.5) is 14.5 Å². The highest BCUT2D eigenvalue weighted by molar-refractivity contribution is 6.39. The van der Waals surface area contributed by atoms with Crippen LogP contribution in [0.3, 0.4) is 0 Å². The normalized spacial score (nSPS) is 15.3. The summed E-state index contributed by atoms with van der Waals surface area (Å²) in [6.45, 7) is 2.64. The van der Waals surface area contributed by atoms with Crippen LogP contribution in [0, 0.1) is 11.6 Å². The van der Waals surface area contributed by atoms with Crippen molar-refractivity contribution in [2.24, 2.45) is 0 Å². The molecule has 1 saturated heterocycles. The molecule has 1 fully saturated rings. The molecule has 0 saturated carbocycles. The van der Waals surface area contributed by atoms with Gasteiger partial charge >= 0.3 is 11.8 Å². The summed E-state index contributed by atoms with van der Waals surface area (Å²) in [5.74, 6) is -2.86. The van der Waals surface area contributed by atoms with Crippen molar-refractivity contribution in [2.45, 2.75) is 6.04 Å². The second-order valence-corrected chi connectivity index (χ2v) is 6.73. The van der Waals surface area contributed by atoms with Crippen molar-refractivity contribution in [3.63, 3.8) is 0 Å². The number of carbonyl (C=O) groups is 2. The monoisotopic (exact) mass is 419 g/mol. The van der Waals surface area contributed by atoms with E-state index in [4.69, 9.17) is 9.47 Å². The summed E-state index contributed by atoms with van der Waals surface area (Å²) in [7, 11) is 1.58. The van der Waals surface area contributed by atoms with Crippen LogP contribution >= 0.6 is 0 Å². The van der Waals surface area contributed by atoms with Gasteiger partial charge in [-0.25, -0.2) is 8.78 Å². The lowest BCUT2D eigenvalue weighted by Gasteiger charge is -2.34. The van der Waals surface area contributed by atoms with Gasteiger partial charge in [0.25, 0.3) is 0 Å². The molecular formula is C21H23F2N3O4. The topological polar surface area (TPSA) is 79.9 Å². The third-order valence-electron chi connectivity index (χ3n) is 4.83. The molecule has 9 heteroatoms. The van der Waals surface area contributed by atoms with Gasteiger partial charge in [0.1, 0.15) is 17.4 Å². The zero-order valence-corrected chi connectivity index (χ0v) is 16.5. The molecular weight excluding hydrogens is 396 g/mol. The third kappa shape index (κ3) is 5.52. The van der Waals surface area contributed by atoms with E-state index in [1.807, 2.05) is 24.3 Å². The number of hydrogen-bond acceptors (Lipinski definition) is 5. The molecule has 2 aromatic rings. The molecule has 3 rings (SSSR count). The first kappa shape index (κ1) is 21.7. The van der Waals surface area contributed by atoms with E-state index in [-0.39, 0.29) is 12.6 Å². The molecule has 30 heavy (non-hydrogen) atoms. The molecule has 1 aliphatic heterocycles. The van der Waals surface area contributed by atoms with Gasteiger partial charge < -0.3 is 20.1 Å². The van der Waals surface area contributed by atoms with Crippen molar-refractivity contribution < 1.29 is 27.8 Å². The number of nitrogens with zero attached hydrogens (tertiary/aromatic N) is 1. The Bertz CT molecular complexity index is 886. The fourth-order valence-corrected chi connectivity index (χ4v) is 3.21. The van der Waals surface area contributed by atoms with Gasteiger partial charge in [-0.3, -0.25) is 14.5 Å². The Labute approximate surface area is 173 Å². The lowest BCUT2D eigenvalue weighted by molar-refractivity contribution is -0.136. The van der Waals surface area contributed by atoms with E-state index in [1.165, 1.54) is 0 Å². The minimum Gasteiger partial charge on any atom is -0.497 e. The second kappa shape index (κ2) is 10.1. The number of halogens is 2. The largest absolute Gasteiger partial charge is 0.497 e. The van der Waals surface area contributed by atoms with Gasteiger partial charge in [0.15, 0.2) is 0 Å². The molecule has 160 valence electrons. The zero-order valence-electron chi connectivity index (χ0n) is 16.5. The van der Waals surface area contributed by atoms with E-state index >= 15 is 0 Å². The summed E-state index contributed by atoms with van der Waals surface area (Å²) < 4.78 is 37.5. The summed E-state index contributed by atoms with van der Waals surface area (Å²) in [6, 6.07) is 9.86. The Kier molecular flexibility index (Phi) is 7.31. The maximum absolute atomic E-state index is 13.7. The summed E-state index contributed by atoms with van der Waals surface area (Å²) in [4.78, 5) is 26.5. The SMILES string of the molecule is COc1ccc(C(CNC(=O)C(=O)Nc2cc(F)ccc2F)N2CCOCC2)cc1. The van der Waals surface area contributed by atoms with Gasteiger partial charge in [-0.1, -0.05) is 12.1 Å². The Balaban J connectivity index is 1.66. The quantitative estimate of drug-likeness (QED) is 0.701. The van der Waals surface area contributed by atoms with Gasteiger partial charge in [0, 0.05) is 25.7 Å². The molecule has 0 spiro atoms. The number of carbonyl (C=O) groups excluding carboxylic acids is 2. The predicted molar refractivity (Wildman–Crippen MR) is 106 cm³/mol. The molecule has 0 radical (unpaired) electrons. The van der Waals surface area contributed by atoms with Gasteiger partial charge in [0.05, 0.1) is 32.1 Å². The van der Waals surface area contributed by atoms with Crippen LogP contribution in [0.25, 0.3) is 0 Å². The van der Waals surface area contributed by atoms with Gasteiger partial charge in [-0.15, -0.1) is 0 Å². The number of hydrogen-bond donors (Lipinski definition) is 2. The summed E-state index contributed by atoms with van der Waals surface area (Å²) in [6.07, 6.45) is 0. The average molecular weight is 419 g/mol. The molecule has 1 heterocycles. The fourth-order valence-electron chi connectivity index (χ4n) is 3.21. The van der Waals surface area contributed by atoms with Crippen LogP contribution in [0.1, 0.15) is 11.6 Å². The number of ether oxygens (including phenoxy) is 2. The van der Waals surface area contributed by atoms with E-state index in [0.717, 1.165) is 23.8 Å². The highest BCUT2D eigenvalue weighted by atomic mass is 19.1. The van der Waals surface area contributed by atoms with Gasteiger partial charge in [-0.2, -0.15) is 0 Å². The molecule has 1 aliphatic rings. The van der Waals surface area contributed by atoms with Crippen LogP contribution in [0.2, 0.25) is 0 Å². The van der Waals surface area contributed by atoms with E-state index in [0.29, 0.717) is 32.1 Å². The molecule has 0 aliphatic carbocycles. The highest BCUT2D eigenvalue weighted by Crippen LogP contribution is 2.23. The van der Waals surface area contributed by atoms with E-state index in [2.05, 4.69) is 15.5 Å². The minimum absolute atomic E-state index is 0.157. The van der Waals surface area contributed by atoms with E-state index in [1.54, 1.807) is 7.11 Å². The van der Waals surface area contributed by atoms with Gasteiger partial charge in [-0.05, 0) is 29.8 Å². The molecule has 1 unspecified atom stereocenters. The molecule has 2 aromatic carbocycles. The number of amides is 2. The van der Waals surface area contributed by atoms with Crippen molar-refractivity contribution in [1.29, 1.82) is 0 Å². The van der Waals surface area contributed by atoms with E-state index < -0.39 is 29.1 Å². The fraction of sp³-hybridized carbons (Fsp3) is 0.333. The Morgan fingerprint density at radius 1 is 1.10 bits per heavy atom. The molecule has 0 bridgehead atoms. The first-order valence-corrected chi connectivity index (χ1v) is 9.48. The third-order valence-corrected chi connectivity index (χ3v) is 4.83. The van der Waals surface area contributed by atoms with Crippen molar-refractivity contribution in [3.8, 4) is 5.75 Å². The van der Waals surface area contributed by atoms with Crippen LogP contribution in [-0.4, -0.2) is 56.7 Å². The van der Waals surface area contributed by atoms with Crippen LogP contribution in [-0.2, 0) is 14.3 Å². The lowest BCUT2D eigenvalue weighted by Crippen LogP contribution is -2.45. The van der Waals surface area contributed by atoms with Crippen LogP contribution in [0.15, 0.2) is 42.5 Å². The number of morpholine rings is 1. The van der Waals surface area contributed by atoms with Crippen molar-refractivity contribution in [1.82, 2.24) is 10.2 Å². The molecule has 2 amide bonds. The van der Waals surface area contributed by atoms with Crippen molar-refractivity contribution >= 4 is 17.5 Å². The molecule has 1 atom stereocenters. The van der Waals surface area contributed by atoms with E-state index in [9.17, 15) is 18.4 Å². The van der Waals surface area contributed by atoms with Crippen molar-refractivity contribution in [2.75, 3.05) is 45.3 Å². The Morgan fingerprint density at radius 2 is 1.80 bits per heavy atom. The number of anilines is 1. The van der Waals surface area contributed by atoms with Gasteiger partial charge in [0.2, 0.25) is 0 Å².